The third-order valence-corrected chi connectivity index (χ3v) is 1.94. The van der Waals surface area contributed by atoms with Crippen LogP contribution in [0.3, 0.4) is 0 Å². The smallest absolute Gasteiger partial charge is 0.496 e. The molecule has 0 bridgehead atoms. The van der Waals surface area contributed by atoms with Gasteiger partial charge < -0.3 is 15.2 Å². The predicted molar refractivity (Wildman–Crippen MR) is 50.1 cm³/mol. The zero-order valence-electron chi connectivity index (χ0n) is 8.76. The third-order valence-electron chi connectivity index (χ3n) is 1.94. The van der Waals surface area contributed by atoms with Crippen LogP contribution in [-0.2, 0) is 6.54 Å². The highest BCUT2D eigenvalue weighted by atomic mass is 19.4. The maximum Gasteiger partial charge on any atom is 0.574 e. The highest BCUT2D eigenvalue weighted by molar-refractivity contribution is 5.39. The number of aromatic nitrogens is 1. The van der Waals surface area contributed by atoms with E-state index in [-0.39, 0.29) is 12.3 Å². The van der Waals surface area contributed by atoms with Gasteiger partial charge in [0.05, 0.1) is 12.8 Å². The largest absolute Gasteiger partial charge is 0.574 e. The minimum Gasteiger partial charge on any atom is -0.496 e. The second kappa shape index (κ2) is 4.56. The Balaban J connectivity index is 3.12. The van der Waals surface area contributed by atoms with Crippen molar-refractivity contribution in [3.8, 4) is 11.6 Å². The fourth-order valence-corrected chi connectivity index (χ4v) is 1.19. The van der Waals surface area contributed by atoms with Gasteiger partial charge >= 0.3 is 6.36 Å². The number of pyridine rings is 1. The molecule has 7 heteroatoms. The number of alkyl halides is 3. The van der Waals surface area contributed by atoms with E-state index in [1.54, 1.807) is 6.92 Å². The maximum atomic E-state index is 12.0. The van der Waals surface area contributed by atoms with Crippen molar-refractivity contribution < 1.29 is 22.6 Å². The van der Waals surface area contributed by atoms with E-state index < -0.39 is 12.2 Å². The Morgan fingerprint density at radius 3 is 2.50 bits per heavy atom. The van der Waals surface area contributed by atoms with Gasteiger partial charge in [0.1, 0.15) is 5.75 Å². The van der Waals surface area contributed by atoms with E-state index in [9.17, 15) is 13.2 Å². The van der Waals surface area contributed by atoms with Crippen molar-refractivity contribution in [2.45, 2.75) is 19.8 Å². The first-order chi connectivity index (χ1) is 7.37. The molecule has 0 spiro atoms. The quantitative estimate of drug-likeness (QED) is 0.868. The lowest BCUT2D eigenvalue weighted by Crippen LogP contribution is -2.19. The third kappa shape index (κ3) is 2.99. The topological polar surface area (TPSA) is 57.4 Å². The van der Waals surface area contributed by atoms with Crippen LogP contribution in [0.2, 0.25) is 0 Å². The predicted octanol–water partition coefficient (Wildman–Crippen LogP) is 1.76. The number of ether oxygens (including phenoxy) is 2. The molecule has 1 aromatic heterocycles. The molecular formula is C9H11F3N2O2. The van der Waals surface area contributed by atoms with Gasteiger partial charge in [0.15, 0.2) is 0 Å². The minimum atomic E-state index is -4.78. The van der Waals surface area contributed by atoms with E-state index in [0.29, 0.717) is 11.3 Å². The summed E-state index contributed by atoms with van der Waals surface area (Å²) in [7, 11) is 1.35. The standard InChI is InChI=1S/C9H11F3N2O2/c1-5-6(4-13)14-8(3-7(5)15-2)16-9(10,11)12/h3H,4,13H2,1-2H3. The van der Waals surface area contributed by atoms with E-state index >= 15 is 0 Å². The first kappa shape index (κ1) is 12.6. The van der Waals surface area contributed by atoms with E-state index in [1.165, 1.54) is 7.11 Å². The van der Waals surface area contributed by atoms with E-state index in [0.717, 1.165) is 6.07 Å². The molecule has 2 N–H and O–H groups in total. The molecule has 90 valence electrons. The molecule has 0 atom stereocenters. The molecule has 0 aliphatic rings. The second-order valence-corrected chi connectivity index (χ2v) is 2.99. The summed E-state index contributed by atoms with van der Waals surface area (Å²) in [5.74, 6) is -0.315. The SMILES string of the molecule is COc1cc(OC(F)(F)F)nc(CN)c1C. The van der Waals surface area contributed by atoms with Gasteiger partial charge in [-0.1, -0.05) is 0 Å². The Morgan fingerprint density at radius 1 is 1.44 bits per heavy atom. The van der Waals surface area contributed by atoms with Crippen molar-refractivity contribution >= 4 is 0 Å². The van der Waals surface area contributed by atoms with Crippen LogP contribution in [0, 0.1) is 6.92 Å². The van der Waals surface area contributed by atoms with Crippen LogP contribution in [0.1, 0.15) is 11.3 Å². The van der Waals surface area contributed by atoms with Crippen LogP contribution in [0.4, 0.5) is 13.2 Å². The van der Waals surface area contributed by atoms with Crippen LogP contribution >= 0.6 is 0 Å². The highest BCUT2D eigenvalue weighted by Crippen LogP contribution is 2.28. The van der Waals surface area contributed by atoms with Gasteiger partial charge in [-0.15, -0.1) is 13.2 Å². The fraction of sp³-hybridized carbons (Fsp3) is 0.444. The number of hydrogen-bond donors (Lipinski definition) is 1. The summed E-state index contributed by atoms with van der Waals surface area (Å²) < 4.78 is 44.5. The zero-order chi connectivity index (χ0) is 12.3. The average Bonchev–Trinajstić information content (AvgIpc) is 2.18. The van der Waals surface area contributed by atoms with Crippen LogP contribution < -0.4 is 15.2 Å². The average molecular weight is 236 g/mol. The summed E-state index contributed by atoms with van der Waals surface area (Å²) in [4.78, 5) is 3.64. The van der Waals surface area contributed by atoms with Gasteiger partial charge in [0.2, 0.25) is 5.88 Å². The Kier molecular flexibility index (Phi) is 3.58. The summed E-state index contributed by atoms with van der Waals surface area (Å²) in [5.41, 5.74) is 6.25. The lowest BCUT2D eigenvalue weighted by atomic mass is 10.2. The van der Waals surface area contributed by atoms with Gasteiger partial charge in [-0.3, -0.25) is 0 Å². The van der Waals surface area contributed by atoms with Crippen molar-refractivity contribution in [2.24, 2.45) is 5.73 Å². The molecule has 1 aromatic rings. The Hall–Kier alpha value is -1.50. The van der Waals surface area contributed by atoms with Crippen molar-refractivity contribution in [1.29, 1.82) is 0 Å². The minimum absolute atomic E-state index is 0.0112. The van der Waals surface area contributed by atoms with Gasteiger partial charge in [-0.2, -0.15) is 0 Å². The Labute approximate surface area is 90.2 Å². The summed E-state index contributed by atoms with van der Waals surface area (Å²) >= 11 is 0. The molecule has 4 nitrogen and oxygen atoms in total. The van der Waals surface area contributed by atoms with Gasteiger partial charge in [0, 0.05) is 18.2 Å². The molecule has 1 heterocycles. The molecule has 0 amide bonds. The molecule has 0 saturated carbocycles. The van der Waals surface area contributed by atoms with Crippen molar-refractivity contribution in [3.63, 3.8) is 0 Å². The normalized spacial score (nSPS) is 11.4. The molecular weight excluding hydrogens is 225 g/mol. The van der Waals surface area contributed by atoms with Crippen LogP contribution in [-0.4, -0.2) is 18.5 Å². The summed E-state index contributed by atoms with van der Waals surface area (Å²) in [5, 5.41) is 0. The number of nitrogens with zero attached hydrogens (tertiary/aromatic N) is 1. The van der Waals surface area contributed by atoms with Crippen molar-refractivity contribution in [3.05, 3.63) is 17.3 Å². The number of rotatable bonds is 3. The molecule has 0 unspecified atom stereocenters. The first-order valence-corrected chi connectivity index (χ1v) is 4.37. The first-order valence-electron chi connectivity index (χ1n) is 4.37. The maximum absolute atomic E-state index is 12.0. The second-order valence-electron chi connectivity index (χ2n) is 2.99. The molecule has 0 radical (unpaired) electrons. The number of hydrogen-bond acceptors (Lipinski definition) is 4. The number of methoxy groups -OCH3 is 1. The number of halogens is 3. The summed E-state index contributed by atoms with van der Waals surface area (Å²) in [6, 6.07) is 1.07. The molecule has 0 aromatic carbocycles. The molecule has 1 rings (SSSR count). The molecule has 0 fully saturated rings. The molecule has 0 aliphatic heterocycles. The fourth-order valence-electron chi connectivity index (χ4n) is 1.19. The summed E-state index contributed by atoms with van der Waals surface area (Å²) in [6.45, 7) is 1.67. The molecule has 16 heavy (non-hydrogen) atoms. The van der Waals surface area contributed by atoms with Crippen molar-refractivity contribution in [2.75, 3.05) is 7.11 Å². The highest BCUT2D eigenvalue weighted by Gasteiger charge is 2.32. The molecule has 0 saturated heterocycles. The Morgan fingerprint density at radius 2 is 2.06 bits per heavy atom. The van der Waals surface area contributed by atoms with Crippen molar-refractivity contribution in [1.82, 2.24) is 4.98 Å². The van der Waals surface area contributed by atoms with Gasteiger partial charge in [-0.25, -0.2) is 4.98 Å². The van der Waals surface area contributed by atoms with Crippen LogP contribution in [0.15, 0.2) is 6.07 Å². The summed E-state index contributed by atoms with van der Waals surface area (Å²) in [6.07, 6.45) is -4.78. The lowest BCUT2D eigenvalue weighted by molar-refractivity contribution is -0.276. The molecule has 0 aliphatic carbocycles. The van der Waals surface area contributed by atoms with Gasteiger partial charge in [-0.05, 0) is 6.92 Å². The van der Waals surface area contributed by atoms with Crippen LogP contribution in [0.5, 0.6) is 11.6 Å². The number of nitrogens with two attached hydrogens (primary N) is 1. The van der Waals surface area contributed by atoms with E-state index in [4.69, 9.17) is 10.5 Å². The van der Waals surface area contributed by atoms with E-state index in [2.05, 4.69) is 9.72 Å². The van der Waals surface area contributed by atoms with Gasteiger partial charge in [0.25, 0.3) is 0 Å². The van der Waals surface area contributed by atoms with E-state index in [1.807, 2.05) is 0 Å². The Bertz CT molecular complexity index is 355. The monoisotopic (exact) mass is 236 g/mol. The zero-order valence-corrected chi connectivity index (χ0v) is 8.76. The lowest BCUT2D eigenvalue weighted by Gasteiger charge is -2.13. The van der Waals surface area contributed by atoms with Crippen LogP contribution in [0.25, 0.3) is 0 Å².